The van der Waals surface area contributed by atoms with E-state index in [1.54, 1.807) is 18.6 Å². The van der Waals surface area contributed by atoms with Crippen LogP contribution >= 0.6 is 0 Å². The van der Waals surface area contributed by atoms with E-state index in [4.69, 9.17) is 0 Å². The van der Waals surface area contributed by atoms with Crippen LogP contribution in [0.15, 0.2) is 91.0 Å². The van der Waals surface area contributed by atoms with Crippen LogP contribution in [0.3, 0.4) is 0 Å². The average molecular weight is 472 g/mol. The minimum absolute atomic E-state index is 0. The number of carbonyl (C=O) groups is 1. The second-order valence-corrected chi connectivity index (χ2v) is 7.45. The first-order valence-electron chi connectivity index (χ1n) is 10.6. The zero-order chi connectivity index (χ0) is 22.2. The molecule has 2 aliphatic rings. The van der Waals surface area contributed by atoms with Crippen molar-refractivity contribution in [3.05, 3.63) is 171 Å². The number of hydrogen-bond donors (Lipinski definition) is 1. The summed E-state index contributed by atoms with van der Waals surface area (Å²) in [7, 11) is 0. The largest absolute Gasteiger partial charge is 2.00 e. The predicted molar refractivity (Wildman–Crippen MR) is 128 cm³/mol. The summed E-state index contributed by atoms with van der Waals surface area (Å²) in [4.78, 5) is 13.1. The zero-order valence-corrected chi connectivity index (χ0v) is 19.1. The zero-order valence-electron chi connectivity index (χ0n) is 18.0. The van der Waals surface area contributed by atoms with Crippen molar-refractivity contribution in [3.63, 3.8) is 0 Å². The number of hydrogen-bond acceptors (Lipinski definition) is 2. The molecular formula is C30H24FeO2+2. The molecule has 0 amide bonds. The molecule has 2 nitrogen and oxygen atoms in total. The first kappa shape index (κ1) is 25.4. The molecule has 2 fully saturated rings. The van der Waals surface area contributed by atoms with Crippen molar-refractivity contribution < 1.29 is 27.0 Å². The molecular weight excluding hydrogens is 448 g/mol. The van der Waals surface area contributed by atoms with E-state index in [9.17, 15) is 9.90 Å². The van der Waals surface area contributed by atoms with Gasteiger partial charge in [0, 0.05) is 11.5 Å². The maximum atomic E-state index is 13.1. The number of carbonyl (C=O) groups excluding carboxylic acids is 1. The fourth-order valence-corrected chi connectivity index (χ4v) is 3.84. The summed E-state index contributed by atoms with van der Waals surface area (Å²) >= 11 is 0. The van der Waals surface area contributed by atoms with Crippen molar-refractivity contribution in [3.8, 4) is 0 Å². The first-order valence-corrected chi connectivity index (χ1v) is 10.6. The third-order valence-corrected chi connectivity index (χ3v) is 5.43. The van der Waals surface area contributed by atoms with E-state index in [1.165, 1.54) is 0 Å². The minimum Gasteiger partial charge on any atom is -0.380 e. The van der Waals surface area contributed by atoms with Gasteiger partial charge in [0.1, 0.15) is 5.60 Å². The molecule has 162 valence electrons. The van der Waals surface area contributed by atoms with Crippen LogP contribution in [-0.2, 0) is 22.7 Å². The molecule has 33 heavy (non-hydrogen) atoms. The summed E-state index contributed by atoms with van der Waals surface area (Å²) in [5, 5.41) is 11.9. The van der Waals surface area contributed by atoms with Crippen LogP contribution in [-0.4, -0.2) is 10.9 Å². The minimum atomic E-state index is -1.41. The van der Waals surface area contributed by atoms with E-state index in [0.717, 1.165) is 11.1 Å². The molecule has 0 heterocycles. The van der Waals surface area contributed by atoms with Gasteiger partial charge in [-0.3, -0.25) is 4.79 Å². The molecule has 0 unspecified atom stereocenters. The Morgan fingerprint density at radius 1 is 0.576 bits per heavy atom. The summed E-state index contributed by atoms with van der Waals surface area (Å²) in [5.41, 5.74) is 0.647. The van der Waals surface area contributed by atoms with Crippen LogP contribution in [0.4, 0.5) is 0 Å². The Hall–Kier alpha value is -2.19. The third-order valence-electron chi connectivity index (χ3n) is 5.43. The smallest absolute Gasteiger partial charge is 0.380 e. The van der Waals surface area contributed by atoms with Gasteiger partial charge in [-0.1, -0.05) is 91.0 Å². The topological polar surface area (TPSA) is 37.3 Å². The van der Waals surface area contributed by atoms with E-state index in [0.29, 0.717) is 17.4 Å². The maximum Gasteiger partial charge on any atom is 2.00 e. The Bertz CT molecular complexity index is 921. The van der Waals surface area contributed by atoms with Crippen molar-refractivity contribution in [2.45, 2.75) is 5.60 Å². The number of aliphatic hydroxyl groups is 1. The molecule has 3 heteroatoms. The van der Waals surface area contributed by atoms with Crippen molar-refractivity contribution >= 4 is 5.78 Å². The standard InChI is InChI=1S/C25H19O2.C5H5.Fe/c26-24(19-11-4-1-5-12-19)22-17-10-18-23(22)25(27,20-13-6-2-7-14-20)21-15-8-3-9-16-21;1-2-4-5-3-1;/h1-18,27H;1-5H;/q;;+2. The van der Waals surface area contributed by atoms with E-state index in [1.807, 2.05) is 124 Å². The Morgan fingerprint density at radius 2 is 1.00 bits per heavy atom. The van der Waals surface area contributed by atoms with Gasteiger partial charge in [-0.05, 0) is 62.5 Å². The van der Waals surface area contributed by atoms with E-state index >= 15 is 0 Å². The molecule has 3 aromatic rings. The van der Waals surface area contributed by atoms with E-state index < -0.39 is 5.60 Å². The molecule has 0 bridgehead atoms. The van der Waals surface area contributed by atoms with Crippen LogP contribution in [0.1, 0.15) is 21.5 Å². The summed E-state index contributed by atoms with van der Waals surface area (Å²) in [5.74, 6) is 1.01. The van der Waals surface area contributed by atoms with Gasteiger partial charge in [-0.25, -0.2) is 0 Å². The fraction of sp³-hybridized carbons (Fsp3) is 0.0333. The van der Waals surface area contributed by atoms with E-state index in [-0.39, 0.29) is 22.9 Å². The molecule has 2 aliphatic carbocycles. The second-order valence-electron chi connectivity index (χ2n) is 7.45. The fourth-order valence-electron chi connectivity index (χ4n) is 3.84. The van der Waals surface area contributed by atoms with Gasteiger partial charge >= 0.3 is 17.1 Å². The number of ketones is 1. The average Bonchev–Trinajstić information content (AvgIpc) is 3.60. The number of Topliss-reactive ketones (excluding diaryl/α,β-unsaturated/α-hetero) is 1. The summed E-state index contributed by atoms with van der Waals surface area (Å²) < 4.78 is 0. The Balaban J connectivity index is 0.000000453. The SMILES string of the molecule is O=C([C]1[CH][CH][CH][C]1C(O)(c1ccccc1)c1ccccc1)c1ccccc1.[CH]1[CH][CH][CH][CH]1.[Fe+2]. The van der Waals surface area contributed by atoms with Crippen molar-refractivity contribution in [2.24, 2.45) is 0 Å². The molecule has 10 radical (unpaired) electrons. The Morgan fingerprint density at radius 3 is 1.45 bits per heavy atom. The van der Waals surface area contributed by atoms with Gasteiger partial charge in [0.2, 0.25) is 0 Å². The normalized spacial score (nSPS) is 16.5. The summed E-state index contributed by atoms with van der Waals surface area (Å²) in [6.07, 6.45) is 15.4. The first-order chi connectivity index (χ1) is 15.7. The Labute approximate surface area is 208 Å². The van der Waals surface area contributed by atoms with Gasteiger partial charge in [0.25, 0.3) is 0 Å². The maximum absolute atomic E-state index is 13.1. The third kappa shape index (κ3) is 5.84. The monoisotopic (exact) mass is 472 g/mol. The summed E-state index contributed by atoms with van der Waals surface area (Å²) in [6.45, 7) is 0. The molecule has 0 atom stereocenters. The molecule has 2 saturated carbocycles. The van der Waals surface area contributed by atoms with E-state index in [2.05, 4.69) is 0 Å². The van der Waals surface area contributed by atoms with Crippen LogP contribution in [0, 0.1) is 63.2 Å². The van der Waals surface area contributed by atoms with Crippen LogP contribution in [0.5, 0.6) is 0 Å². The molecule has 0 spiro atoms. The van der Waals surface area contributed by atoms with Crippen molar-refractivity contribution in [1.29, 1.82) is 0 Å². The van der Waals surface area contributed by atoms with Gasteiger partial charge < -0.3 is 5.11 Å². The van der Waals surface area contributed by atoms with Crippen molar-refractivity contribution in [1.82, 2.24) is 0 Å². The van der Waals surface area contributed by atoms with Crippen LogP contribution in [0.25, 0.3) is 0 Å². The van der Waals surface area contributed by atoms with Crippen LogP contribution < -0.4 is 0 Å². The van der Waals surface area contributed by atoms with Gasteiger partial charge in [-0.15, -0.1) is 0 Å². The molecule has 0 aromatic heterocycles. The molecule has 3 aromatic carbocycles. The summed E-state index contributed by atoms with van der Waals surface area (Å²) in [6, 6.07) is 28.1. The Kier molecular flexibility index (Phi) is 9.50. The van der Waals surface area contributed by atoms with Crippen LogP contribution in [0.2, 0.25) is 0 Å². The second kappa shape index (κ2) is 12.3. The molecule has 0 saturated heterocycles. The van der Waals surface area contributed by atoms with Crippen molar-refractivity contribution in [2.75, 3.05) is 0 Å². The quantitative estimate of drug-likeness (QED) is 0.388. The van der Waals surface area contributed by atoms with Gasteiger partial charge in [0.05, 0.1) is 5.92 Å². The predicted octanol–water partition coefficient (Wildman–Crippen LogP) is 5.60. The number of rotatable bonds is 5. The molecule has 5 rings (SSSR count). The number of benzene rings is 3. The van der Waals surface area contributed by atoms with Gasteiger partial charge in [0.15, 0.2) is 5.78 Å². The molecule has 1 N–H and O–H groups in total. The van der Waals surface area contributed by atoms with Gasteiger partial charge in [-0.2, -0.15) is 0 Å². The molecule has 0 aliphatic heterocycles.